The predicted octanol–water partition coefficient (Wildman–Crippen LogP) is 3.66. The molecule has 1 aliphatic rings. The molecule has 1 atom stereocenters. The van der Waals surface area contributed by atoms with Crippen molar-refractivity contribution >= 4 is 0 Å². The molecule has 0 saturated carbocycles. The summed E-state index contributed by atoms with van der Waals surface area (Å²) in [4.78, 5) is 2.44. The van der Waals surface area contributed by atoms with Gasteiger partial charge in [-0.3, -0.25) is 4.90 Å². The number of phenolic OH excluding ortho intramolecular Hbond substituents is 1. The summed E-state index contributed by atoms with van der Waals surface area (Å²) in [5.41, 5.74) is 0.998. The lowest BCUT2D eigenvalue weighted by molar-refractivity contribution is 0.291. The molecule has 1 aromatic rings. The van der Waals surface area contributed by atoms with E-state index >= 15 is 0 Å². The van der Waals surface area contributed by atoms with Gasteiger partial charge >= 0.3 is 0 Å². The highest BCUT2D eigenvalue weighted by atomic mass is 16.5. The fourth-order valence-corrected chi connectivity index (χ4v) is 2.78. The van der Waals surface area contributed by atoms with E-state index in [1.165, 1.54) is 6.42 Å². The average molecular weight is 277 g/mol. The standard InChI is InChI=1S/C17H27NO2/c1-4-9-20-16-6-5-15(17(19)10-16)12-18-8-7-14(11-18)13(2)3/h5-6,10,13-14,19H,4,7-9,11-12H2,1-3H3. The molecule has 1 fully saturated rings. The molecule has 3 heteroatoms. The summed E-state index contributed by atoms with van der Waals surface area (Å²) in [6, 6.07) is 5.69. The van der Waals surface area contributed by atoms with Crippen LogP contribution < -0.4 is 4.74 Å². The Morgan fingerprint density at radius 3 is 2.80 bits per heavy atom. The van der Waals surface area contributed by atoms with E-state index in [2.05, 4.69) is 25.7 Å². The highest BCUT2D eigenvalue weighted by Gasteiger charge is 2.25. The van der Waals surface area contributed by atoms with Gasteiger partial charge in [0, 0.05) is 24.7 Å². The summed E-state index contributed by atoms with van der Waals surface area (Å²) in [6.07, 6.45) is 2.25. The minimum atomic E-state index is 0.353. The van der Waals surface area contributed by atoms with Crippen LogP contribution in [0.25, 0.3) is 0 Å². The number of hydrogen-bond acceptors (Lipinski definition) is 3. The first-order chi connectivity index (χ1) is 9.60. The van der Waals surface area contributed by atoms with Crippen LogP contribution in [0.15, 0.2) is 18.2 Å². The molecule has 3 nitrogen and oxygen atoms in total. The van der Waals surface area contributed by atoms with Crippen LogP contribution in [0.3, 0.4) is 0 Å². The predicted molar refractivity (Wildman–Crippen MR) is 82.1 cm³/mol. The van der Waals surface area contributed by atoms with Crippen LogP contribution in [0.1, 0.15) is 39.2 Å². The highest BCUT2D eigenvalue weighted by molar-refractivity contribution is 5.39. The zero-order chi connectivity index (χ0) is 14.5. The van der Waals surface area contributed by atoms with Gasteiger partial charge in [0.05, 0.1) is 6.61 Å². The molecule has 0 spiro atoms. The molecule has 1 N–H and O–H groups in total. The first kappa shape index (κ1) is 15.2. The third kappa shape index (κ3) is 3.89. The van der Waals surface area contributed by atoms with Gasteiger partial charge in [0.15, 0.2) is 0 Å². The third-order valence-corrected chi connectivity index (χ3v) is 4.18. The van der Waals surface area contributed by atoms with E-state index in [0.717, 1.165) is 49.2 Å². The van der Waals surface area contributed by atoms with Crippen LogP contribution in [-0.4, -0.2) is 29.7 Å². The molecule has 0 radical (unpaired) electrons. The summed E-state index contributed by atoms with van der Waals surface area (Å²) >= 11 is 0. The van der Waals surface area contributed by atoms with E-state index in [1.807, 2.05) is 12.1 Å². The summed E-state index contributed by atoms with van der Waals surface area (Å²) in [6.45, 7) is 10.5. The Balaban J connectivity index is 1.93. The van der Waals surface area contributed by atoms with Crippen molar-refractivity contribution < 1.29 is 9.84 Å². The van der Waals surface area contributed by atoms with Gasteiger partial charge in [-0.2, -0.15) is 0 Å². The van der Waals surface area contributed by atoms with Gasteiger partial charge in [-0.15, -0.1) is 0 Å². The molecule has 0 aliphatic carbocycles. The molecule has 0 aromatic heterocycles. The second-order valence-electron chi connectivity index (χ2n) is 6.17. The lowest BCUT2D eigenvalue weighted by atomic mass is 9.95. The van der Waals surface area contributed by atoms with Crippen LogP contribution in [0.5, 0.6) is 11.5 Å². The molecular weight excluding hydrogens is 250 g/mol. The van der Waals surface area contributed by atoms with Crippen molar-refractivity contribution in [3.63, 3.8) is 0 Å². The van der Waals surface area contributed by atoms with Crippen molar-refractivity contribution in [2.24, 2.45) is 11.8 Å². The molecule has 1 aliphatic heterocycles. The SMILES string of the molecule is CCCOc1ccc(CN2CCC(C(C)C)C2)c(O)c1. The second-order valence-corrected chi connectivity index (χ2v) is 6.17. The van der Waals surface area contributed by atoms with Crippen molar-refractivity contribution in [1.29, 1.82) is 0 Å². The molecule has 2 rings (SSSR count). The molecule has 1 unspecified atom stereocenters. The topological polar surface area (TPSA) is 32.7 Å². The van der Waals surface area contributed by atoms with Crippen LogP contribution in [0, 0.1) is 11.8 Å². The third-order valence-electron chi connectivity index (χ3n) is 4.18. The number of nitrogens with zero attached hydrogens (tertiary/aromatic N) is 1. The van der Waals surface area contributed by atoms with E-state index in [1.54, 1.807) is 6.07 Å². The van der Waals surface area contributed by atoms with Crippen LogP contribution in [0.4, 0.5) is 0 Å². The minimum Gasteiger partial charge on any atom is -0.507 e. The van der Waals surface area contributed by atoms with Gasteiger partial charge < -0.3 is 9.84 Å². The molecule has 112 valence electrons. The van der Waals surface area contributed by atoms with Crippen molar-refractivity contribution in [2.75, 3.05) is 19.7 Å². The highest BCUT2D eigenvalue weighted by Crippen LogP contribution is 2.29. The number of aromatic hydroxyl groups is 1. The number of rotatable bonds is 6. The summed E-state index contributed by atoms with van der Waals surface area (Å²) < 4.78 is 5.54. The Morgan fingerprint density at radius 2 is 2.20 bits per heavy atom. The number of hydrogen-bond donors (Lipinski definition) is 1. The number of phenols is 1. The van der Waals surface area contributed by atoms with Gasteiger partial charge in [0.25, 0.3) is 0 Å². The summed E-state index contributed by atoms with van der Waals surface area (Å²) in [5, 5.41) is 10.1. The maximum Gasteiger partial charge on any atom is 0.123 e. The number of ether oxygens (including phenoxy) is 1. The van der Waals surface area contributed by atoms with E-state index in [0.29, 0.717) is 12.4 Å². The van der Waals surface area contributed by atoms with Gasteiger partial charge in [0.1, 0.15) is 11.5 Å². The Morgan fingerprint density at radius 1 is 1.40 bits per heavy atom. The Labute approximate surface area is 122 Å². The number of benzene rings is 1. The fraction of sp³-hybridized carbons (Fsp3) is 0.647. The van der Waals surface area contributed by atoms with E-state index in [-0.39, 0.29) is 0 Å². The molecule has 1 aromatic carbocycles. The van der Waals surface area contributed by atoms with Gasteiger partial charge in [-0.05, 0) is 37.3 Å². The molecule has 1 heterocycles. The molecule has 20 heavy (non-hydrogen) atoms. The maximum absolute atomic E-state index is 10.1. The van der Waals surface area contributed by atoms with E-state index in [9.17, 15) is 5.11 Å². The van der Waals surface area contributed by atoms with Crippen molar-refractivity contribution in [1.82, 2.24) is 4.90 Å². The fourth-order valence-electron chi connectivity index (χ4n) is 2.78. The van der Waals surface area contributed by atoms with Gasteiger partial charge in [0.2, 0.25) is 0 Å². The first-order valence-corrected chi connectivity index (χ1v) is 7.77. The monoisotopic (exact) mass is 277 g/mol. The Hall–Kier alpha value is -1.22. The van der Waals surface area contributed by atoms with Crippen molar-refractivity contribution in [3.05, 3.63) is 23.8 Å². The van der Waals surface area contributed by atoms with Gasteiger partial charge in [-0.1, -0.05) is 26.8 Å². The van der Waals surface area contributed by atoms with Crippen LogP contribution >= 0.6 is 0 Å². The maximum atomic E-state index is 10.1. The van der Waals surface area contributed by atoms with Crippen molar-refractivity contribution in [2.45, 2.75) is 40.2 Å². The molecule has 0 bridgehead atoms. The largest absolute Gasteiger partial charge is 0.507 e. The Kier molecular flexibility index (Phi) is 5.30. The quantitative estimate of drug-likeness (QED) is 0.861. The smallest absolute Gasteiger partial charge is 0.123 e. The van der Waals surface area contributed by atoms with Gasteiger partial charge in [-0.25, -0.2) is 0 Å². The summed E-state index contributed by atoms with van der Waals surface area (Å²) in [5.74, 6) is 2.66. The first-order valence-electron chi connectivity index (χ1n) is 7.77. The molecule has 1 saturated heterocycles. The zero-order valence-electron chi connectivity index (χ0n) is 12.9. The summed E-state index contributed by atoms with van der Waals surface area (Å²) in [7, 11) is 0. The average Bonchev–Trinajstić information content (AvgIpc) is 2.88. The van der Waals surface area contributed by atoms with Crippen LogP contribution in [0.2, 0.25) is 0 Å². The lowest BCUT2D eigenvalue weighted by Crippen LogP contribution is -2.21. The lowest BCUT2D eigenvalue weighted by Gasteiger charge is -2.18. The minimum absolute atomic E-state index is 0.353. The molecular formula is C17H27NO2. The zero-order valence-corrected chi connectivity index (χ0v) is 12.9. The normalized spacial score (nSPS) is 19.7. The molecule has 0 amide bonds. The van der Waals surface area contributed by atoms with Crippen LogP contribution in [-0.2, 0) is 6.54 Å². The van der Waals surface area contributed by atoms with Crippen molar-refractivity contribution in [3.8, 4) is 11.5 Å². The van der Waals surface area contributed by atoms with E-state index < -0.39 is 0 Å². The van der Waals surface area contributed by atoms with E-state index in [4.69, 9.17) is 4.74 Å². The number of likely N-dealkylation sites (tertiary alicyclic amines) is 1. The second kappa shape index (κ2) is 6.98. The Bertz CT molecular complexity index is 431.